The number of phenolic OH excluding ortho intramolecular Hbond substituents is 2. The van der Waals surface area contributed by atoms with Crippen LogP contribution in [0.4, 0.5) is 5.13 Å². The number of hydrogen-bond acceptors (Lipinski definition) is 15. The number of carboxylic acids is 2. The number of thioether (sulfide) groups is 1. The molecular formula is C27H26ClN7O12S2. The maximum atomic E-state index is 13.4. The standard InChI is InChI=1S/C27H26ClN7O12S2/c1-26(2,23(43)44)47-32-16(12-8-48-25(29)30-12)14(37)7-11-19(40)33-9-27(24(45)46,49-22(11)33)34-5-6-35(21(42)20(34)41)31-18(39)10-3-4-13(36)17(38)15(10)28/h3-4,8,11,22,36,38H,5-7,9H2,1-2H3,(H2,29,30)(H,31,39)(H,43,44)(H,45,46)/b32-16-/t11-,22-,27-/m1/s1. The number of nitrogens with one attached hydrogen (secondary N) is 1. The lowest BCUT2D eigenvalue weighted by Crippen LogP contribution is -2.67. The van der Waals surface area contributed by atoms with E-state index in [1.165, 1.54) is 19.2 Å². The van der Waals surface area contributed by atoms with Gasteiger partial charge in [0.05, 0.1) is 35.0 Å². The number of oxime groups is 1. The van der Waals surface area contributed by atoms with Crippen LogP contribution in [0, 0.1) is 5.92 Å². The number of aromatic nitrogens is 1. The van der Waals surface area contributed by atoms with Gasteiger partial charge in [-0.1, -0.05) is 28.5 Å². The Bertz CT molecular complexity index is 1850. The molecule has 7 N–H and O–H groups in total. The smallest absolute Gasteiger partial charge is 0.350 e. The summed E-state index contributed by atoms with van der Waals surface area (Å²) in [6, 6.07) is 2.05. The molecule has 0 bridgehead atoms. The number of hydrogen-bond donors (Lipinski definition) is 6. The van der Waals surface area contributed by atoms with Crippen molar-refractivity contribution in [3.63, 3.8) is 0 Å². The van der Waals surface area contributed by atoms with Gasteiger partial charge >= 0.3 is 23.8 Å². The highest BCUT2D eigenvalue weighted by Gasteiger charge is 2.66. The molecule has 49 heavy (non-hydrogen) atoms. The van der Waals surface area contributed by atoms with Crippen molar-refractivity contribution in [2.45, 2.75) is 36.1 Å². The van der Waals surface area contributed by atoms with Crippen LogP contribution in [0.1, 0.15) is 36.3 Å². The third kappa shape index (κ3) is 6.15. The summed E-state index contributed by atoms with van der Waals surface area (Å²) in [6.45, 7) is 1.10. The predicted molar refractivity (Wildman–Crippen MR) is 168 cm³/mol. The Balaban J connectivity index is 1.31. The number of fused-ring (bicyclic) bond motifs is 1. The van der Waals surface area contributed by atoms with E-state index in [-0.39, 0.29) is 22.9 Å². The van der Waals surface area contributed by atoms with Gasteiger partial charge in [0.1, 0.15) is 5.69 Å². The second kappa shape index (κ2) is 12.7. The van der Waals surface area contributed by atoms with E-state index in [0.717, 1.165) is 33.3 Å². The topological polar surface area (TPSA) is 283 Å². The van der Waals surface area contributed by atoms with Crippen molar-refractivity contribution in [1.29, 1.82) is 0 Å². The molecule has 5 rings (SSSR count). The molecule has 0 spiro atoms. The molecule has 0 saturated carbocycles. The largest absolute Gasteiger partial charge is 0.504 e. The van der Waals surface area contributed by atoms with Crippen LogP contribution in [0.2, 0.25) is 5.02 Å². The number of anilines is 1. The molecule has 0 radical (unpaired) electrons. The van der Waals surface area contributed by atoms with Crippen LogP contribution in [0.25, 0.3) is 0 Å². The van der Waals surface area contributed by atoms with Crippen molar-refractivity contribution < 1.29 is 58.8 Å². The molecule has 3 atom stereocenters. The number of benzene rings is 1. The summed E-state index contributed by atoms with van der Waals surface area (Å²) < 4.78 is 0. The first kappa shape index (κ1) is 35.2. The Morgan fingerprint density at radius 3 is 2.47 bits per heavy atom. The van der Waals surface area contributed by atoms with Crippen LogP contribution >= 0.6 is 34.7 Å². The average molecular weight is 740 g/mol. The normalized spacial score (nSPS) is 22.5. The van der Waals surface area contributed by atoms with Crippen LogP contribution in [0.15, 0.2) is 22.7 Å². The van der Waals surface area contributed by atoms with Gasteiger partial charge in [-0.05, 0) is 26.0 Å². The number of halogens is 1. The lowest BCUT2D eigenvalue weighted by atomic mass is 9.90. The number of carboxylic acid groups (broad SMARTS) is 2. The van der Waals surface area contributed by atoms with E-state index in [9.17, 15) is 54.0 Å². The van der Waals surface area contributed by atoms with E-state index in [1.54, 1.807) is 0 Å². The van der Waals surface area contributed by atoms with E-state index in [2.05, 4.69) is 15.6 Å². The van der Waals surface area contributed by atoms with E-state index >= 15 is 0 Å². The van der Waals surface area contributed by atoms with Crippen molar-refractivity contribution >= 4 is 86.9 Å². The molecule has 3 aliphatic rings. The van der Waals surface area contributed by atoms with E-state index in [4.69, 9.17) is 22.2 Å². The zero-order valence-electron chi connectivity index (χ0n) is 25.3. The minimum atomic E-state index is -2.14. The highest BCUT2D eigenvalue weighted by atomic mass is 35.5. The minimum Gasteiger partial charge on any atom is -0.504 e. The zero-order chi connectivity index (χ0) is 36.2. The fourth-order valence-electron chi connectivity index (χ4n) is 5.08. The SMILES string of the molecule is CC(C)(O/N=C(\C(=O)C[C@@H]1C(=O)N2C[C@@](C(=O)O)(N3CCN(NC(=O)c4ccc(O)c(O)c4Cl)C(=O)C3=O)S[C@H]12)c1csc(N)n1)C(=O)O. The Morgan fingerprint density at radius 1 is 1.16 bits per heavy atom. The lowest BCUT2D eigenvalue weighted by Gasteiger charge is -2.41. The number of hydrazine groups is 1. The molecule has 260 valence electrons. The molecule has 3 saturated heterocycles. The third-order valence-corrected chi connectivity index (χ3v) is 10.6. The highest BCUT2D eigenvalue weighted by Crippen LogP contribution is 2.52. The number of thiazole rings is 1. The summed E-state index contributed by atoms with van der Waals surface area (Å²) in [6.07, 6.45) is -0.516. The monoisotopic (exact) mass is 739 g/mol. The number of Topliss-reactive ketones (excluding diaryl/α,β-unsaturated/α-hetero) is 1. The van der Waals surface area contributed by atoms with E-state index in [0.29, 0.717) is 16.8 Å². The molecule has 0 unspecified atom stereocenters. The molecule has 4 amide bonds. The Hall–Kier alpha value is -5.15. The number of amides is 4. The summed E-state index contributed by atoms with van der Waals surface area (Å²) in [7, 11) is 0. The fraction of sp³-hybridized carbons (Fsp3) is 0.370. The maximum absolute atomic E-state index is 13.4. The summed E-state index contributed by atoms with van der Waals surface area (Å²) in [5, 5.41) is 43.4. The van der Waals surface area contributed by atoms with Crippen LogP contribution in [-0.2, 0) is 33.6 Å². The number of phenols is 2. The van der Waals surface area contributed by atoms with Gasteiger partial charge in [-0.2, -0.15) is 0 Å². The molecule has 3 aliphatic heterocycles. The van der Waals surface area contributed by atoms with E-state index in [1.807, 2.05) is 0 Å². The van der Waals surface area contributed by atoms with Gasteiger partial charge in [-0.3, -0.25) is 29.4 Å². The first-order valence-corrected chi connectivity index (χ1v) is 16.1. The van der Waals surface area contributed by atoms with Crippen molar-refractivity contribution in [2.75, 3.05) is 25.4 Å². The van der Waals surface area contributed by atoms with E-state index < -0.39 is 105 Å². The van der Waals surface area contributed by atoms with Gasteiger partial charge in [-0.15, -0.1) is 11.3 Å². The molecular weight excluding hydrogens is 714 g/mol. The summed E-state index contributed by atoms with van der Waals surface area (Å²) in [4.78, 5) is 98.8. The molecule has 2 aromatic rings. The molecule has 1 aromatic carbocycles. The van der Waals surface area contributed by atoms with Crippen molar-refractivity contribution in [3.05, 3.63) is 33.8 Å². The number of β-lactam (4-membered cyclic amide) rings is 1. The van der Waals surface area contributed by atoms with Gasteiger partial charge < -0.3 is 40.8 Å². The van der Waals surface area contributed by atoms with Crippen molar-refractivity contribution in [2.24, 2.45) is 11.1 Å². The lowest BCUT2D eigenvalue weighted by molar-refractivity contribution is -0.167. The Labute approximate surface area is 288 Å². The molecule has 4 heterocycles. The zero-order valence-corrected chi connectivity index (χ0v) is 27.7. The minimum absolute atomic E-state index is 0.0326. The Kier molecular flexibility index (Phi) is 9.12. The molecule has 22 heteroatoms. The van der Waals surface area contributed by atoms with Crippen LogP contribution in [-0.4, -0.2) is 123 Å². The number of ketones is 1. The van der Waals surface area contributed by atoms with Crippen molar-refractivity contribution in [3.8, 4) is 11.5 Å². The number of carbonyl (C=O) groups is 7. The highest BCUT2D eigenvalue weighted by molar-refractivity contribution is 8.02. The third-order valence-electron chi connectivity index (χ3n) is 7.83. The predicted octanol–water partition coefficient (Wildman–Crippen LogP) is -0.339. The summed E-state index contributed by atoms with van der Waals surface area (Å²) >= 11 is 7.56. The van der Waals surface area contributed by atoms with Crippen LogP contribution in [0.5, 0.6) is 11.5 Å². The van der Waals surface area contributed by atoms with Gasteiger partial charge in [0.15, 0.2) is 28.1 Å². The second-order valence-electron chi connectivity index (χ2n) is 11.4. The first-order valence-electron chi connectivity index (χ1n) is 14.0. The quantitative estimate of drug-likeness (QED) is 0.0565. The number of aromatic hydroxyl groups is 2. The van der Waals surface area contributed by atoms with Gasteiger partial charge in [0, 0.05) is 18.3 Å². The van der Waals surface area contributed by atoms with Crippen molar-refractivity contribution in [1.82, 2.24) is 25.2 Å². The summed E-state index contributed by atoms with van der Waals surface area (Å²) in [5.41, 5.74) is 5.24. The fourth-order valence-corrected chi connectivity index (χ4v) is 7.57. The first-order chi connectivity index (χ1) is 22.9. The molecule has 0 aliphatic carbocycles. The number of nitrogen functional groups attached to an aromatic ring is 1. The number of rotatable bonds is 11. The second-order valence-corrected chi connectivity index (χ2v) is 14.0. The Morgan fingerprint density at radius 2 is 1.86 bits per heavy atom. The van der Waals surface area contributed by atoms with Crippen LogP contribution in [0.3, 0.4) is 0 Å². The number of piperazine rings is 1. The van der Waals surface area contributed by atoms with Gasteiger partial charge in [0.25, 0.3) is 5.91 Å². The number of nitrogens with two attached hydrogens (primary N) is 1. The van der Waals surface area contributed by atoms with Gasteiger partial charge in [-0.25, -0.2) is 19.6 Å². The maximum Gasteiger partial charge on any atom is 0.350 e. The van der Waals surface area contributed by atoms with Crippen LogP contribution < -0.4 is 11.2 Å². The molecule has 19 nitrogen and oxygen atoms in total. The number of carbonyl (C=O) groups excluding carboxylic acids is 5. The summed E-state index contributed by atoms with van der Waals surface area (Å²) in [5.74, 6) is -10.4. The molecule has 3 fully saturated rings. The average Bonchev–Trinajstić information content (AvgIpc) is 3.63. The number of aliphatic carboxylic acids is 2. The number of nitrogens with zero attached hydrogens (tertiary/aromatic N) is 5. The van der Waals surface area contributed by atoms with Gasteiger partial charge in [0.2, 0.25) is 16.4 Å². The molecule has 1 aromatic heterocycles.